The van der Waals surface area contributed by atoms with Crippen molar-refractivity contribution in [3.05, 3.63) is 54.3 Å². The normalized spacial score (nSPS) is 17.3. The van der Waals surface area contributed by atoms with Gasteiger partial charge in [-0.3, -0.25) is 9.59 Å². The fourth-order valence-electron chi connectivity index (χ4n) is 4.67. The second kappa shape index (κ2) is 8.73. The minimum Gasteiger partial charge on any atom is -0.481 e. The summed E-state index contributed by atoms with van der Waals surface area (Å²) in [5.41, 5.74) is 1.06. The first kappa shape index (κ1) is 21.8. The van der Waals surface area contributed by atoms with Crippen molar-refractivity contribution in [2.75, 3.05) is 28.6 Å². The summed E-state index contributed by atoms with van der Waals surface area (Å²) in [5, 5.41) is 22.0. The van der Waals surface area contributed by atoms with Gasteiger partial charge in [0.25, 0.3) is 0 Å². The molecule has 0 bridgehead atoms. The van der Waals surface area contributed by atoms with Crippen LogP contribution in [0.25, 0.3) is 0 Å². The van der Waals surface area contributed by atoms with Gasteiger partial charge in [-0.15, -0.1) is 5.10 Å². The third-order valence-electron chi connectivity index (χ3n) is 6.56. The third-order valence-corrected chi connectivity index (χ3v) is 6.56. The molecule has 1 amide bonds. The SMILES string of the molecule is O=C(Nc1ccc(N2CCC3(CC2)CC(C(=O)O)C3)nc1)c1nnc(Nc2cccc(F)c2)o1. The minimum atomic E-state index is -0.688. The number of aromatic nitrogens is 3. The van der Waals surface area contributed by atoms with Crippen LogP contribution >= 0.6 is 0 Å². The quantitative estimate of drug-likeness (QED) is 0.497. The highest BCUT2D eigenvalue weighted by atomic mass is 19.1. The van der Waals surface area contributed by atoms with Crippen molar-refractivity contribution in [3.63, 3.8) is 0 Å². The van der Waals surface area contributed by atoms with Gasteiger partial charge >= 0.3 is 23.8 Å². The van der Waals surface area contributed by atoms with E-state index in [9.17, 15) is 14.0 Å². The van der Waals surface area contributed by atoms with Crippen LogP contribution < -0.4 is 15.5 Å². The van der Waals surface area contributed by atoms with Gasteiger partial charge in [0.1, 0.15) is 11.6 Å². The molecule has 11 heteroatoms. The number of pyridine rings is 1. The highest BCUT2D eigenvalue weighted by Crippen LogP contribution is 2.52. The molecule has 0 unspecified atom stereocenters. The van der Waals surface area contributed by atoms with E-state index in [1.165, 1.54) is 18.2 Å². The largest absolute Gasteiger partial charge is 0.481 e. The molecule has 0 atom stereocenters. The Bertz CT molecular complexity index is 1200. The molecule has 3 heterocycles. The van der Waals surface area contributed by atoms with Crippen molar-refractivity contribution in [2.24, 2.45) is 11.3 Å². The molecule has 176 valence electrons. The summed E-state index contributed by atoms with van der Waals surface area (Å²) >= 11 is 0. The molecule has 1 aliphatic heterocycles. The van der Waals surface area contributed by atoms with Crippen molar-refractivity contribution in [3.8, 4) is 0 Å². The molecular formula is C23H23FN6O4. The number of nitrogens with zero attached hydrogens (tertiary/aromatic N) is 4. The Morgan fingerprint density at radius 1 is 1.12 bits per heavy atom. The van der Waals surface area contributed by atoms with Crippen molar-refractivity contribution in [1.29, 1.82) is 0 Å². The molecule has 1 aliphatic carbocycles. The number of aliphatic carboxylic acids is 1. The van der Waals surface area contributed by atoms with Gasteiger partial charge in [-0.1, -0.05) is 11.2 Å². The number of rotatable bonds is 6. The molecule has 1 spiro atoms. The monoisotopic (exact) mass is 466 g/mol. The van der Waals surface area contributed by atoms with Crippen LogP contribution in [0, 0.1) is 17.2 Å². The first-order valence-electron chi connectivity index (χ1n) is 11.0. The molecule has 2 aliphatic rings. The fraction of sp³-hybridized carbons (Fsp3) is 0.348. The standard InChI is InChI=1S/C23H23FN6O4/c24-15-2-1-3-16(10-15)27-22-29-28-20(34-22)19(31)26-17-4-5-18(25-13-17)30-8-6-23(7-9-30)11-14(12-23)21(32)33/h1-5,10,13-14H,6-9,11-12H2,(H,26,31)(H,27,29)(H,32,33). The lowest BCUT2D eigenvalue weighted by Crippen LogP contribution is -2.49. The Morgan fingerprint density at radius 3 is 2.59 bits per heavy atom. The lowest BCUT2D eigenvalue weighted by molar-refractivity contribution is -0.151. The lowest BCUT2D eigenvalue weighted by Gasteiger charge is -2.51. The van der Waals surface area contributed by atoms with Crippen LogP contribution in [0.4, 0.5) is 27.6 Å². The first-order chi connectivity index (χ1) is 16.4. The maximum Gasteiger partial charge on any atom is 0.320 e. The molecule has 1 saturated heterocycles. The zero-order valence-electron chi connectivity index (χ0n) is 18.2. The highest BCUT2D eigenvalue weighted by Gasteiger charge is 2.48. The van der Waals surface area contributed by atoms with E-state index in [2.05, 4.69) is 30.7 Å². The molecular weight excluding hydrogens is 443 g/mol. The number of carbonyl (C=O) groups excluding carboxylic acids is 1. The van der Waals surface area contributed by atoms with Crippen molar-refractivity contribution < 1.29 is 23.5 Å². The van der Waals surface area contributed by atoms with Crippen LogP contribution in [0.3, 0.4) is 0 Å². The predicted molar refractivity (Wildman–Crippen MR) is 120 cm³/mol. The predicted octanol–water partition coefficient (Wildman–Crippen LogP) is 3.68. The van der Waals surface area contributed by atoms with Gasteiger partial charge in [0, 0.05) is 18.8 Å². The summed E-state index contributed by atoms with van der Waals surface area (Å²) in [4.78, 5) is 30.2. The van der Waals surface area contributed by atoms with E-state index < -0.39 is 17.7 Å². The number of nitrogens with one attached hydrogen (secondary N) is 2. The summed E-state index contributed by atoms with van der Waals surface area (Å²) in [6.07, 6.45) is 5.01. The van der Waals surface area contributed by atoms with Gasteiger partial charge in [-0.05, 0) is 61.4 Å². The zero-order valence-corrected chi connectivity index (χ0v) is 18.2. The number of hydrogen-bond donors (Lipinski definition) is 3. The van der Waals surface area contributed by atoms with Gasteiger partial charge in [0.15, 0.2) is 0 Å². The third kappa shape index (κ3) is 4.54. The van der Waals surface area contributed by atoms with Crippen LogP contribution in [-0.4, -0.2) is 45.3 Å². The molecule has 1 saturated carbocycles. The molecule has 3 N–H and O–H groups in total. The van der Waals surface area contributed by atoms with E-state index in [0.717, 1.165) is 44.6 Å². The number of benzene rings is 1. The number of anilines is 4. The molecule has 0 radical (unpaired) electrons. The maximum absolute atomic E-state index is 13.3. The molecule has 34 heavy (non-hydrogen) atoms. The lowest BCUT2D eigenvalue weighted by atomic mass is 9.57. The number of halogens is 1. The summed E-state index contributed by atoms with van der Waals surface area (Å²) in [6, 6.07) is 9.27. The number of amides is 1. The van der Waals surface area contributed by atoms with E-state index in [1.807, 2.05) is 6.07 Å². The molecule has 2 fully saturated rings. The Kier molecular flexibility index (Phi) is 5.60. The van der Waals surface area contributed by atoms with E-state index in [1.54, 1.807) is 18.3 Å². The fourth-order valence-corrected chi connectivity index (χ4v) is 4.67. The number of carbonyl (C=O) groups is 2. The van der Waals surface area contributed by atoms with Crippen LogP contribution in [0.15, 0.2) is 47.0 Å². The van der Waals surface area contributed by atoms with Gasteiger partial charge in [-0.25, -0.2) is 9.37 Å². The average Bonchev–Trinajstić information content (AvgIpc) is 3.27. The Labute approximate surface area is 194 Å². The van der Waals surface area contributed by atoms with Crippen LogP contribution in [0.5, 0.6) is 0 Å². The first-order valence-corrected chi connectivity index (χ1v) is 11.0. The maximum atomic E-state index is 13.3. The number of piperidine rings is 1. The second-order valence-corrected chi connectivity index (χ2v) is 8.84. The van der Waals surface area contributed by atoms with Crippen LogP contribution in [0.1, 0.15) is 36.4 Å². The topological polar surface area (TPSA) is 133 Å². The Morgan fingerprint density at radius 2 is 1.91 bits per heavy atom. The summed E-state index contributed by atoms with van der Waals surface area (Å²) < 4.78 is 18.6. The van der Waals surface area contributed by atoms with E-state index >= 15 is 0 Å². The van der Waals surface area contributed by atoms with Gasteiger partial charge in [-0.2, -0.15) is 0 Å². The van der Waals surface area contributed by atoms with Crippen molar-refractivity contribution in [1.82, 2.24) is 15.2 Å². The smallest absolute Gasteiger partial charge is 0.320 e. The number of carboxylic acids is 1. The van der Waals surface area contributed by atoms with Gasteiger partial charge in [0.05, 0.1) is 17.8 Å². The minimum absolute atomic E-state index is 0.0340. The second-order valence-electron chi connectivity index (χ2n) is 8.84. The van der Waals surface area contributed by atoms with E-state index in [-0.39, 0.29) is 23.2 Å². The van der Waals surface area contributed by atoms with Gasteiger partial charge in [0.2, 0.25) is 0 Å². The average molecular weight is 466 g/mol. The molecule has 10 nitrogen and oxygen atoms in total. The van der Waals surface area contributed by atoms with Gasteiger partial charge < -0.3 is 25.1 Å². The summed E-state index contributed by atoms with van der Waals surface area (Å²) in [5.74, 6) is -1.33. The zero-order chi connectivity index (χ0) is 23.7. The highest BCUT2D eigenvalue weighted by molar-refractivity contribution is 6.00. The summed E-state index contributed by atoms with van der Waals surface area (Å²) in [6.45, 7) is 1.66. The molecule has 5 rings (SSSR count). The molecule has 1 aromatic carbocycles. The van der Waals surface area contributed by atoms with Crippen LogP contribution in [-0.2, 0) is 4.79 Å². The van der Waals surface area contributed by atoms with E-state index in [4.69, 9.17) is 9.52 Å². The summed E-state index contributed by atoms with van der Waals surface area (Å²) in [7, 11) is 0. The van der Waals surface area contributed by atoms with Crippen molar-refractivity contribution >= 4 is 35.1 Å². The molecule has 2 aromatic heterocycles. The van der Waals surface area contributed by atoms with Crippen molar-refractivity contribution in [2.45, 2.75) is 25.7 Å². The van der Waals surface area contributed by atoms with E-state index in [0.29, 0.717) is 11.4 Å². The number of carboxylic acid groups (broad SMARTS) is 1. The molecule has 3 aromatic rings. The Hall–Kier alpha value is -4.02. The number of hydrogen-bond acceptors (Lipinski definition) is 8. The van der Waals surface area contributed by atoms with Crippen LogP contribution in [0.2, 0.25) is 0 Å². The Balaban J connectivity index is 1.14.